The van der Waals surface area contributed by atoms with Crippen LogP contribution in [0, 0.1) is 12.7 Å². The lowest BCUT2D eigenvalue weighted by Gasteiger charge is -2.08. The maximum atomic E-state index is 13.4. The van der Waals surface area contributed by atoms with Crippen molar-refractivity contribution in [3.8, 4) is 5.75 Å². The fraction of sp³-hybridized carbons (Fsp3) is 0.455. The molecule has 3 heteroatoms. The Kier molecular flexibility index (Phi) is 3.89. The van der Waals surface area contributed by atoms with E-state index in [1.54, 1.807) is 13.2 Å². The fourth-order valence-electron chi connectivity index (χ4n) is 1.37. The summed E-state index contributed by atoms with van der Waals surface area (Å²) >= 11 is 0. The second kappa shape index (κ2) is 4.96. The van der Waals surface area contributed by atoms with E-state index in [-0.39, 0.29) is 5.82 Å². The first-order valence-corrected chi connectivity index (χ1v) is 4.66. The quantitative estimate of drug-likeness (QED) is 0.796. The zero-order chi connectivity index (χ0) is 10.6. The highest BCUT2D eigenvalue weighted by atomic mass is 19.1. The molecule has 0 atom stereocenters. The van der Waals surface area contributed by atoms with Gasteiger partial charge in [0.2, 0.25) is 0 Å². The molecule has 1 aromatic rings. The van der Waals surface area contributed by atoms with Crippen LogP contribution in [0.5, 0.6) is 5.75 Å². The standard InChI is InChI=1S/C11H16FNO/c1-8-6-10(12)9(4-5-13-2)7-11(8)14-3/h6-7,13H,4-5H2,1-3H3. The Bertz CT molecular complexity index is 312. The average molecular weight is 197 g/mol. The number of halogens is 1. The van der Waals surface area contributed by atoms with E-state index in [2.05, 4.69) is 5.32 Å². The molecule has 0 aliphatic carbocycles. The third-order valence-corrected chi connectivity index (χ3v) is 2.21. The van der Waals surface area contributed by atoms with Gasteiger partial charge in [0.05, 0.1) is 7.11 Å². The van der Waals surface area contributed by atoms with Gasteiger partial charge in [0.15, 0.2) is 0 Å². The lowest BCUT2D eigenvalue weighted by Crippen LogP contribution is -2.11. The topological polar surface area (TPSA) is 21.3 Å². The van der Waals surface area contributed by atoms with Crippen molar-refractivity contribution in [3.05, 3.63) is 29.1 Å². The summed E-state index contributed by atoms with van der Waals surface area (Å²) in [5.41, 5.74) is 1.53. The lowest BCUT2D eigenvalue weighted by atomic mass is 10.1. The first-order chi connectivity index (χ1) is 6.69. The van der Waals surface area contributed by atoms with Gasteiger partial charge in [-0.1, -0.05) is 0 Å². The SMILES string of the molecule is CNCCc1cc(OC)c(C)cc1F. The summed E-state index contributed by atoms with van der Waals surface area (Å²) in [6.07, 6.45) is 0.680. The van der Waals surface area contributed by atoms with E-state index in [9.17, 15) is 4.39 Å². The number of aryl methyl sites for hydroxylation is 1. The Labute approximate surface area is 84.1 Å². The van der Waals surface area contributed by atoms with Crippen LogP contribution in [0.3, 0.4) is 0 Å². The van der Waals surface area contributed by atoms with Crippen LogP contribution in [-0.2, 0) is 6.42 Å². The summed E-state index contributed by atoms with van der Waals surface area (Å²) in [5, 5.41) is 2.99. The summed E-state index contributed by atoms with van der Waals surface area (Å²) in [6, 6.07) is 3.28. The van der Waals surface area contributed by atoms with E-state index >= 15 is 0 Å². The van der Waals surface area contributed by atoms with Crippen molar-refractivity contribution >= 4 is 0 Å². The fourth-order valence-corrected chi connectivity index (χ4v) is 1.37. The number of hydrogen-bond acceptors (Lipinski definition) is 2. The average Bonchev–Trinajstić information content (AvgIpc) is 2.17. The smallest absolute Gasteiger partial charge is 0.126 e. The summed E-state index contributed by atoms with van der Waals surface area (Å²) in [5.74, 6) is 0.594. The van der Waals surface area contributed by atoms with Crippen LogP contribution in [0.2, 0.25) is 0 Å². The highest BCUT2D eigenvalue weighted by Gasteiger charge is 2.06. The maximum Gasteiger partial charge on any atom is 0.126 e. The summed E-state index contributed by atoms with van der Waals surface area (Å²) in [4.78, 5) is 0. The van der Waals surface area contributed by atoms with Gasteiger partial charge in [-0.3, -0.25) is 0 Å². The molecule has 0 unspecified atom stereocenters. The Morgan fingerprint density at radius 2 is 2.14 bits per heavy atom. The number of ether oxygens (including phenoxy) is 1. The molecule has 0 saturated heterocycles. The van der Waals surface area contributed by atoms with E-state index in [4.69, 9.17) is 4.74 Å². The lowest BCUT2D eigenvalue weighted by molar-refractivity contribution is 0.409. The number of rotatable bonds is 4. The van der Waals surface area contributed by atoms with Gasteiger partial charge in [0, 0.05) is 0 Å². The van der Waals surface area contributed by atoms with Gasteiger partial charge >= 0.3 is 0 Å². The molecule has 0 aliphatic heterocycles. The third kappa shape index (κ3) is 2.45. The molecule has 1 N–H and O–H groups in total. The summed E-state index contributed by atoms with van der Waals surface area (Å²) < 4.78 is 18.5. The normalized spacial score (nSPS) is 10.3. The van der Waals surface area contributed by atoms with E-state index in [1.807, 2.05) is 14.0 Å². The van der Waals surface area contributed by atoms with Crippen molar-refractivity contribution in [2.24, 2.45) is 0 Å². The van der Waals surface area contributed by atoms with Crippen LogP contribution >= 0.6 is 0 Å². The Hall–Kier alpha value is -1.09. The molecule has 0 aliphatic rings. The van der Waals surface area contributed by atoms with Crippen molar-refractivity contribution in [3.63, 3.8) is 0 Å². The first-order valence-electron chi connectivity index (χ1n) is 4.66. The maximum absolute atomic E-state index is 13.4. The first kappa shape index (κ1) is 11.0. The summed E-state index contributed by atoms with van der Waals surface area (Å²) in [7, 11) is 3.45. The minimum atomic E-state index is -0.154. The Morgan fingerprint density at radius 3 is 2.71 bits per heavy atom. The molecule has 0 spiro atoms. The van der Waals surface area contributed by atoms with Gasteiger partial charge in [-0.25, -0.2) is 4.39 Å². The molecule has 0 amide bonds. The van der Waals surface area contributed by atoms with E-state index in [1.165, 1.54) is 6.07 Å². The molecule has 2 nitrogen and oxygen atoms in total. The van der Waals surface area contributed by atoms with Crippen molar-refractivity contribution in [1.82, 2.24) is 5.32 Å². The molecular formula is C11H16FNO. The van der Waals surface area contributed by atoms with Crippen LogP contribution in [0.4, 0.5) is 4.39 Å². The number of methoxy groups -OCH3 is 1. The molecule has 0 fully saturated rings. The minimum Gasteiger partial charge on any atom is -0.496 e. The van der Waals surface area contributed by atoms with Crippen LogP contribution in [0.15, 0.2) is 12.1 Å². The minimum absolute atomic E-state index is 0.154. The second-order valence-electron chi connectivity index (χ2n) is 3.27. The molecule has 1 rings (SSSR count). The Balaban J connectivity index is 2.92. The van der Waals surface area contributed by atoms with Crippen molar-refractivity contribution in [1.29, 1.82) is 0 Å². The van der Waals surface area contributed by atoms with Gasteiger partial charge in [-0.05, 0) is 50.2 Å². The van der Waals surface area contributed by atoms with E-state index in [0.29, 0.717) is 12.0 Å². The molecule has 0 heterocycles. The number of hydrogen-bond donors (Lipinski definition) is 1. The van der Waals surface area contributed by atoms with Crippen LogP contribution in [0.25, 0.3) is 0 Å². The molecule has 0 bridgehead atoms. The number of benzene rings is 1. The van der Waals surface area contributed by atoms with E-state index < -0.39 is 0 Å². The Morgan fingerprint density at radius 1 is 1.43 bits per heavy atom. The van der Waals surface area contributed by atoms with Crippen LogP contribution < -0.4 is 10.1 Å². The molecular weight excluding hydrogens is 181 g/mol. The molecule has 0 saturated carbocycles. The molecule has 78 valence electrons. The third-order valence-electron chi connectivity index (χ3n) is 2.21. The number of nitrogens with one attached hydrogen (secondary N) is 1. The largest absolute Gasteiger partial charge is 0.496 e. The molecule has 0 aromatic heterocycles. The highest BCUT2D eigenvalue weighted by molar-refractivity contribution is 5.37. The van der Waals surface area contributed by atoms with Gasteiger partial charge in [0.1, 0.15) is 11.6 Å². The predicted octanol–water partition coefficient (Wildman–Crippen LogP) is 1.90. The predicted molar refractivity (Wildman–Crippen MR) is 55.3 cm³/mol. The van der Waals surface area contributed by atoms with Gasteiger partial charge < -0.3 is 10.1 Å². The zero-order valence-corrected chi connectivity index (χ0v) is 8.86. The van der Waals surface area contributed by atoms with Crippen LogP contribution in [0.1, 0.15) is 11.1 Å². The van der Waals surface area contributed by atoms with Crippen LogP contribution in [-0.4, -0.2) is 20.7 Å². The van der Waals surface area contributed by atoms with Crippen molar-refractivity contribution in [2.75, 3.05) is 20.7 Å². The zero-order valence-electron chi connectivity index (χ0n) is 8.86. The van der Waals surface area contributed by atoms with Crippen molar-refractivity contribution < 1.29 is 9.13 Å². The van der Waals surface area contributed by atoms with Gasteiger partial charge in [-0.2, -0.15) is 0 Å². The van der Waals surface area contributed by atoms with Crippen molar-refractivity contribution in [2.45, 2.75) is 13.3 Å². The highest BCUT2D eigenvalue weighted by Crippen LogP contribution is 2.22. The molecule has 14 heavy (non-hydrogen) atoms. The molecule has 1 aromatic carbocycles. The van der Waals surface area contributed by atoms with Gasteiger partial charge in [0.25, 0.3) is 0 Å². The molecule has 0 radical (unpaired) electrons. The monoisotopic (exact) mass is 197 g/mol. The van der Waals surface area contributed by atoms with E-state index in [0.717, 1.165) is 17.9 Å². The second-order valence-corrected chi connectivity index (χ2v) is 3.27. The summed E-state index contributed by atoms with van der Waals surface area (Å²) in [6.45, 7) is 2.60. The van der Waals surface area contributed by atoms with Gasteiger partial charge in [-0.15, -0.1) is 0 Å². The number of likely N-dealkylation sites (N-methyl/N-ethyl adjacent to an activating group) is 1.